The lowest BCUT2D eigenvalue weighted by atomic mass is 9.98. The minimum atomic E-state index is -0.919. The van der Waals surface area contributed by atoms with Gasteiger partial charge in [0.25, 0.3) is 5.56 Å². The Morgan fingerprint density at radius 2 is 1.91 bits per heavy atom. The van der Waals surface area contributed by atoms with Crippen LogP contribution in [0.25, 0.3) is 10.9 Å². The van der Waals surface area contributed by atoms with Crippen molar-refractivity contribution in [1.29, 1.82) is 0 Å². The molecule has 22 heavy (non-hydrogen) atoms. The zero-order valence-electron chi connectivity index (χ0n) is 13.5. The summed E-state index contributed by atoms with van der Waals surface area (Å²) >= 11 is 0. The maximum atomic E-state index is 12.2. The Labute approximate surface area is 130 Å². The van der Waals surface area contributed by atoms with E-state index in [9.17, 15) is 14.7 Å². The molecule has 0 radical (unpaired) electrons. The van der Waals surface area contributed by atoms with E-state index >= 15 is 0 Å². The van der Waals surface area contributed by atoms with Gasteiger partial charge in [-0.2, -0.15) is 0 Å². The number of carboxylic acids is 1. The monoisotopic (exact) mass is 301 g/mol. The number of hydrogen-bond donors (Lipinski definition) is 1. The van der Waals surface area contributed by atoms with Crippen LogP contribution in [0, 0.1) is 13.8 Å². The lowest BCUT2D eigenvalue weighted by Crippen LogP contribution is -2.20. The van der Waals surface area contributed by atoms with Crippen molar-refractivity contribution < 1.29 is 9.90 Å². The number of carboxylic acid groups (broad SMARTS) is 1. The Hall–Kier alpha value is -2.10. The van der Waals surface area contributed by atoms with Crippen molar-refractivity contribution in [3.05, 3.63) is 45.2 Å². The first-order valence-electron chi connectivity index (χ1n) is 7.84. The number of nitrogens with zero attached hydrogens (tertiary/aromatic N) is 1. The van der Waals surface area contributed by atoms with Gasteiger partial charge in [0.2, 0.25) is 0 Å². The number of fused-ring (bicyclic) bond motifs is 1. The lowest BCUT2D eigenvalue weighted by Gasteiger charge is -2.15. The molecule has 2 rings (SSSR count). The van der Waals surface area contributed by atoms with Gasteiger partial charge in [0, 0.05) is 18.0 Å². The molecule has 0 bridgehead atoms. The Balaban J connectivity index is 2.55. The molecule has 1 heterocycles. The number of hydrogen-bond acceptors (Lipinski definition) is 2. The Morgan fingerprint density at radius 1 is 1.18 bits per heavy atom. The molecule has 118 valence electrons. The van der Waals surface area contributed by atoms with Gasteiger partial charge in [-0.1, -0.05) is 26.2 Å². The normalized spacial score (nSPS) is 11.0. The van der Waals surface area contributed by atoms with E-state index in [1.165, 1.54) is 12.5 Å². The van der Waals surface area contributed by atoms with Gasteiger partial charge >= 0.3 is 5.97 Å². The number of aromatic carboxylic acids is 1. The molecule has 1 aromatic heterocycles. The van der Waals surface area contributed by atoms with Gasteiger partial charge in [0.15, 0.2) is 0 Å². The molecule has 0 aliphatic carbocycles. The van der Waals surface area contributed by atoms with Gasteiger partial charge in [-0.15, -0.1) is 0 Å². The third-order valence-electron chi connectivity index (χ3n) is 4.20. The number of aryl methyl sites for hydroxylation is 3. The molecule has 0 atom stereocenters. The van der Waals surface area contributed by atoms with Crippen LogP contribution in [-0.4, -0.2) is 15.6 Å². The maximum absolute atomic E-state index is 12.2. The molecule has 1 aromatic carbocycles. The second-order valence-corrected chi connectivity index (χ2v) is 5.82. The van der Waals surface area contributed by atoms with Crippen LogP contribution in [0.4, 0.5) is 0 Å². The van der Waals surface area contributed by atoms with Crippen LogP contribution in [0.3, 0.4) is 0 Å². The van der Waals surface area contributed by atoms with Gasteiger partial charge < -0.3 is 9.67 Å². The van der Waals surface area contributed by atoms with Crippen LogP contribution in [0.15, 0.2) is 23.0 Å². The average Bonchev–Trinajstić information content (AvgIpc) is 2.45. The van der Waals surface area contributed by atoms with E-state index in [1.54, 1.807) is 17.6 Å². The smallest absolute Gasteiger partial charge is 0.336 e. The van der Waals surface area contributed by atoms with Crippen LogP contribution in [0.2, 0.25) is 0 Å². The fourth-order valence-corrected chi connectivity index (χ4v) is 3.03. The summed E-state index contributed by atoms with van der Waals surface area (Å²) in [6.45, 7) is 6.44. The molecule has 4 nitrogen and oxygen atoms in total. The van der Waals surface area contributed by atoms with Gasteiger partial charge in [0.05, 0.1) is 11.1 Å². The van der Waals surface area contributed by atoms with Crippen LogP contribution in [0.5, 0.6) is 0 Å². The zero-order chi connectivity index (χ0) is 16.3. The molecule has 0 fully saturated rings. The van der Waals surface area contributed by atoms with Crippen molar-refractivity contribution in [1.82, 2.24) is 4.57 Å². The zero-order valence-corrected chi connectivity index (χ0v) is 13.5. The first kappa shape index (κ1) is 16.3. The van der Waals surface area contributed by atoms with Crippen molar-refractivity contribution in [2.75, 3.05) is 0 Å². The van der Waals surface area contributed by atoms with Crippen LogP contribution >= 0.6 is 0 Å². The highest BCUT2D eigenvalue weighted by atomic mass is 16.4. The molecule has 0 unspecified atom stereocenters. The molecular formula is C18H23NO3. The highest BCUT2D eigenvalue weighted by molar-refractivity contribution is 5.98. The molecule has 1 N–H and O–H groups in total. The van der Waals surface area contributed by atoms with Gasteiger partial charge in [0.1, 0.15) is 0 Å². The molecule has 0 aliphatic heterocycles. The largest absolute Gasteiger partial charge is 0.478 e. The van der Waals surface area contributed by atoms with Gasteiger partial charge in [-0.05, 0) is 43.5 Å². The Bertz CT molecular complexity index is 759. The highest BCUT2D eigenvalue weighted by Gasteiger charge is 2.15. The predicted octanol–water partition coefficient (Wildman–Crippen LogP) is 3.90. The van der Waals surface area contributed by atoms with E-state index in [2.05, 4.69) is 6.92 Å². The SMILES string of the molecule is CCCCCCn1c(=O)ccc2c(C)c(C(=O)O)c(C)cc21. The highest BCUT2D eigenvalue weighted by Crippen LogP contribution is 2.24. The average molecular weight is 301 g/mol. The quantitative estimate of drug-likeness (QED) is 0.823. The van der Waals surface area contributed by atoms with E-state index in [-0.39, 0.29) is 5.56 Å². The Kier molecular flexibility index (Phi) is 5.01. The first-order valence-corrected chi connectivity index (χ1v) is 7.84. The maximum Gasteiger partial charge on any atom is 0.336 e. The summed E-state index contributed by atoms with van der Waals surface area (Å²) in [5.41, 5.74) is 2.58. The standard InChI is InChI=1S/C18H23NO3/c1-4-5-6-7-10-19-15-11-12(2)17(18(21)22)13(3)14(15)8-9-16(19)20/h8-9,11H,4-7,10H2,1-3H3,(H,21,22). The summed E-state index contributed by atoms with van der Waals surface area (Å²) in [5.74, 6) is -0.919. The fourth-order valence-electron chi connectivity index (χ4n) is 3.03. The molecule has 0 amide bonds. The summed E-state index contributed by atoms with van der Waals surface area (Å²) < 4.78 is 1.77. The van der Waals surface area contributed by atoms with E-state index < -0.39 is 5.97 Å². The lowest BCUT2D eigenvalue weighted by molar-refractivity contribution is 0.0695. The van der Waals surface area contributed by atoms with Gasteiger partial charge in [-0.25, -0.2) is 4.79 Å². The second kappa shape index (κ2) is 6.77. The van der Waals surface area contributed by atoms with E-state index in [4.69, 9.17) is 0 Å². The summed E-state index contributed by atoms with van der Waals surface area (Å²) in [4.78, 5) is 23.6. The van der Waals surface area contributed by atoms with Crippen molar-refractivity contribution in [3.63, 3.8) is 0 Å². The van der Waals surface area contributed by atoms with Crippen molar-refractivity contribution in [2.24, 2.45) is 0 Å². The molecule has 4 heteroatoms. The first-order chi connectivity index (χ1) is 10.5. The summed E-state index contributed by atoms with van der Waals surface area (Å²) in [7, 11) is 0. The molecule has 0 aliphatic rings. The van der Waals surface area contributed by atoms with Gasteiger partial charge in [-0.3, -0.25) is 4.79 Å². The van der Waals surface area contributed by atoms with Crippen molar-refractivity contribution in [2.45, 2.75) is 53.0 Å². The minimum Gasteiger partial charge on any atom is -0.478 e. The predicted molar refractivity (Wildman–Crippen MR) is 88.8 cm³/mol. The number of carbonyl (C=O) groups is 1. The van der Waals surface area contributed by atoms with Crippen LogP contribution in [0.1, 0.15) is 54.1 Å². The van der Waals surface area contributed by atoms with E-state index in [1.807, 2.05) is 13.0 Å². The van der Waals surface area contributed by atoms with Crippen LogP contribution < -0.4 is 5.56 Å². The molecule has 2 aromatic rings. The van der Waals surface area contributed by atoms with Crippen LogP contribution in [-0.2, 0) is 6.54 Å². The second-order valence-electron chi connectivity index (χ2n) is 5.82. The van der Waals surface area contributed by atoms with Crippen molar-refractivity contribution >= 4 is 16.9 Å². The number of benzene rings is 1. The summed E-state index contributed by atoms with van der Waals surface area (Å²) in [6.07, 6.45) is 4.39. The third-order valence-corrected chi connectivity index (χ3v) is 4.20. The summed E-state index contributed by atoms with van der Waals surface area (Å²) in [6, 6.07) is 5.10. The van der Waals surface area contributed by atoms with E-state index in [0.29, 0.717) is 17.7 Å². The third kappa shape index (κ3) is 3.06. The molecule has 0 saturated carbocycles. The van der Waals surface area contributed by atoms with E-state index in [0.717, 1.165) is 35.7 Å². The summed E-state index contributed by atoms with van der Waals surface area (Å²) in [5, 5.41) is 10.2. The molecular weight excluding hydrogens is 278 g/mol. The minimum absolute atomic E-state index is 0.0223. The number of unbranched alkanes of at least 4 members (excludes halogenated alkanes) is 3. The number of rotatable bonds is 6. The molecule has 0 saturated heterocycles. The molecule has 0 spiro atoms. The topological polar surface area (TPSA) is 59.3 Å². The number of aromatic nitrogens is 1. The van der Waals surface area contributed by atoms with Crippen molar-refractivity contribution in [3.8, 4) is 0 Å². The Morgan fingerprint density at radius 3 is 2.55 bits per heavy atom. The fraction of sp³-hybridized carbons (Fsp3) is 0.444. The number of pyridine rings is 1.